The van der Waals surface area contributed by atoms with Crippen molar-refractivity contribution in [1.82, 2.24) is 4.31 Å². The quantitative estimate of drug-likeness (QED) is 0.661. The van der Waals surface area contributed by atoms with Gasteiger partial charge in [-0.15, -0.1) is 0 Å². The SMILES string of the molecule is CCOC(=O)c1ccccc1NC(=O)C1CCN(S(=O)(=O)Cc2ccc(C)cc2)CC1. The molecule has 0 aromatic heterocycles. The zero-order valence-corrected chi connectivity index (χ0v) is 18.7. The number of carbonyl (C=O) groups excluding carboxylic acids is 2. The van der Waals surface area contributed by atoms with Gasteiger partial charge in [0.1, 0.15) is 0 Å². The molecular formula is C23H28N2O5S. The number of hydrogen-bond acceptors (Lipinski definition) is 5. The highest BCUT2D eigenvalue weighted by Crippen LogP contribution is 2.24. The second-order valence-electron chi connectivity index (χ2n) is 7.67. The predicted molar refractivity (Wildman–Crippen MR) is 119 cm³/mol. The van der Waals surface area contributed by atoms with E-state index in [0.29, 0.717) is 37.2 Å². The number of sulfonamides is 1. The Morgan fingerprint density at radius 3 is 2.35 bits per heavy atom. The van der Waals surface area contributed by atoms with Crippen molar-refractivity contribution in [2.24, 2.45) is 5.92 Å². The van der Waals surface area contributed by atoms with Crippen molar-refractivity contribution in [3.05, 3.63) is 65.2 Å². The number of aryl methyl sites for hydroxylation is 1. The number of nitrogens with one attached hydrogen (secondary N) is 1. The molecule has 0 aliphatic carbocycles. The highest BCUT2D eigenvalue weighted by Gasteiger charge is 2.31. The molecule has 2 aromatic rings. The number of nitrogens with zero attached hydrogens (tertiary/aromatic N) is 1. The molecular weight excluding hydrogens is 416 g/mol. The van der Waals surface area contributed by atoms with Gasteiger partial charge in [0.2, 0.25) is 15.9 Å². The Kier molecular flexibility index (Phi) is 7.46. The number of ether oxygens (including phenoxy) is 1. The van der Waals surface area contributed by atoms with E-state index in [1.54, 1.807) is 31.2 Å². The summed E-state index contributed by atoms with van der Waals surface area (Å²) in [6.07, 6.45) is 0.862. The maximum absolute atomic E-state index is 12.8. The predicted octanol–water partition coefficient (Wildman–Crippen LogP) is 3.35. The Labute approximate surface area is 183 Å². The van der Waals surface area contributed by atoms with E-state index < -0.39 is 16.0 Å². The Hall–Kier alpha value is -2.71. The van der Waals surface area contributed by atoms with Crippen molar-refractivity contribution < 1.29 is 22.7 Å². The van der Waals surface area contributed by atoms with E-state index in [-0.39, 0.29) is 24.2 Å². The lowest BCUT2D eigenvalue weighted by Crippen LogP contribution is -2.42. The second kappa shape index (κ2) is 10.1. The van der Waals surface area contributed by atoms with Crippen LogP contribution in [0.4, 0.5) is 5.69 Å². The summed E-state index contributed by atoms with van der Waals surface area (Å²) in [5.74, 6) is -1.07. The fraction of sp³-hybridized carbons (Fsp3) is 0.391. The van der Waals surface area contributed by atoms with E-state index >= 15 is 0 Å². The highest BCUT2D eigenvalue weighted by molar-refractivity contribution is 7.88. The van der Waals surface area contributed by atoms with Gasteiger partial charge in [-0.25, -0.2) is 17.5 Å². The third-order valence-electron chi connectivity index (χ3n) is 5.37. The summed E-state index contributed by atoms with van der Waals surface area (Å²) in [5.41, 5.74) is 2.54. The molecule has 7 nitrogen and oxygen atoms in total. The summed E-state index contributed by atoms with van der Waals surface area (Å²) in [6.45, 7) is 4.52. The number of carbonyl (C=O) groups is 2. The van der Waals surface area contributed by atoms with Gasteiger partial charge >= 0.3 is 5.97 Å². The molecule has 0 saturated carbocycles. The summed E-state index contributed by atoms with van der Waals surface area (Å²) in [7, 11) is -3.44. The zero-order valence-electron chi connectivity index (χ0n) is 17.8. The largest absolute Gasteiger partial charge is 0.462 e. The summed E-state index contributed by atoms with van der Waals surface area (Å²) in [6, 6.07) is 14.2. The summed E-state index contributed by atoms with van der Waals surface area (Å²) < 4.78 is 32.0. The first-order valence-corrected chi connectivity index (χ1v) is 12.0. The molecule has 0 bridgehead atoms. The van der Waals surface area contributed by atoms with Gasteiger partial charge in [-0.05, 0) is 44.4 Å². The van der Waals surface area contributed by atoms with Crippen molar-refractivity contribution in [1.29, 1.82) is 0 Å². The van der Waals surface area contributed by atoms with Crippen molar-refractivity contribution in [3.63, 3.8) is 0 Å². The summed E-state index contributed by atoms with van der Waals surface area (Å²) in [5, 5.41) is 2.81. The molecule has 0 unspecified atom stereocenters. The smallest absolute Gasteiger partial charge is 0.340 e. The monoisotopic (exact) mass is 444 g/mol. The molecule has 166 valence electrons. The molecule has 1 fully saturated rings. The van der Waals surface area contributed by atoms with Crippen LogP contribution >= 0.6 is 0 Å². The molecule has 1 N–H and O–H groups in total. The van der Waals surface area contributed by atoms with Crippen LogP contribution in [0.25, 0.3) is 0 Å². The van der Waals surface area contributed by atoms with Gasteiger partial charge < -0.3 is 10.1 Å². The number of rotatable bonds is 7. The Morgan fingerprint density at radius 1 is 1.06 bits per heavy atom. The number of hydrogen-bond donors (Lipinski definition) is 1. The normalized spacial score (nSPS) is 15.4. The first kappa shape index (κ1) is 23.0. The maximum atomic E-state index is 12.8. The van der Waals surface area contributed by atoms with Gasteiger partial charge in [-0.1, -0.05) is 42.0 Å². The molecule has 1 heterocycles. The number of anilines is 1. The zero-order chi connectivity index (χ0) is 22.4. The van der Waals surface area contributed by atoms with E-state index in [9.17, 15) is 18.0 Å². The van der Waals surface area contributed by atoms with Crippen LogP contribution < -0.4 is 5.32 Å². The number of para-hydroxylation sites is 1. The van der Waals surface area contributed by atoms with Gasteiger partial charge in [0, 0.05) is 19.0 Å². The topological polar surface area (TPSA) is 92.8 Å². The van der Waals surface area contributed by atoms with Crippen molar-refractivity contribution in [2.45, 2.75) is 32.4 Å². The lowest BCUT2D eigenvalue weighted by Gasteiger charge is -2.30. The minimum Gasteiger partial charge on any atom is -0.462 e. The molecule has 3 rings (SSSR count). The van der Waals surface area contributed by atoms with Crippen molar-refractivity contribution in [3.8, 4) is 0 Å². The number of benzene rings is 2. The third-order valence-corrected chi connectivity index (χ3v) is 7.22. The molecule has 0 spiro atoms. The lowest BCUT2D eigenvalue weighted by atomic mass is 9.97. The maximum Gasteiger partial charge on any atom is 0.340 e. The van der Waals surface area contributed by atoms with Crippen LogP contribution in [0, 0.1) is 12.8 Å². The molecule has 0 atom stereocenters. The molecule has 1 aliphatic rings. The molecule has 1 aliphatic heterocycles. The minimum atomic E-state index is -3.44. The van der Waals surface area contributed by atoms with Gasteiger partial charge in [-0.2, -0.15) is 0 Å². The Balaban J connectivity index is 1.59. The standard InChI is InChI=1S/C23H28N2O5S/c1-3-30-23(27)20-6-4-5-7-21(20)24-22(26)19-12-14-25(15-13-19)31(28,29)16-18-10-8-17(2)9-11-18/h4-11,19H,3,12-16H2,1-2H3,(H,24,26). The van der Waals surface area contributed by atoms with Crippen LogP contribution in [-0.2, 0) is 25.3 Å². The van der Waals surface area contributed by atoms with Gasteiger partial charge in [-0.3, -0.25) is 4.79 Å². The summed E-state index contributed by atoms with van der Waals surface area (Å²) >= 11 is 0. The molecule has 1 saturated heterocycles. The highest BCUT2D eigenvalue weighted by atomic mass is 32.2. The van der Waals surface area contributed by atoms with Gasteiger partial charge in [0.15, 0.2) is 0 Å². The van der Waals surface area contributed by atoms with Crippen LogP contribution in [0.1, 0.15) is 41.3 Å². The first-order chi connectivity index (χ1) is 14.8. The Bertz CT molecular complexity index is 1030. The molecule has 2 aromatic carbocycles. The minimum absolute atomic E-state index is 0.0446. The van der Waals surface area contributed by atoms with Gasteiger partial charge in [0.05, 0.1) is 23.6 Å². The average molecular weight is 445 g/mol. The second-order valence-corrected chi connectivity index (χ2v) is 9.64. The molecule has 1 amide bonds. The molecule has 31 heavy (non-hydrogen) atoms. The Morgan fingerprint density at radius 2 is 1.71 bits per heavy atom. The fourth-order valence-electron chi connectivity index (χ4n) is 3.60. The number of piperidine rings is 1. The summed E-state index contributed by atoms with van der Waals surface area (Å²) in [4.78, 5) is 24.8. The average Bonchev–Trinajstić information content (AvgIpc) is 2.76. The van der Waals surface area contributed by atoms with Crippen LogP contribution in [0.15, 0.2) is 48.5 Å². The number of esters is 1. The van der Waals surface area contributed by atoms with Crippen LogP contribution in [0.2, 0.25) is 0 Å². The number of amides is 1. The fourth-order valence-corrected chi connectivity index (χ4v) is 5.16. The van der Waals surface area contributed by atoms with Crippen molar-refractivity contribution in [2.75, 3.05) is 25.0 Å². The van der Waals surface area contributed by atoms with E-state index in [1.165, 1.54) is 4.31 Å². The molecule has 0 radical (unpaired) electrons. The van der Waals surface area contributed by atoms with Gasteiger partial charge in [0.25, 0.3) is 0 Å². The third kappa shape index (κ3) is 5.92. The lowest BCUT2D eigenvalue weighted by molar-refractivity contribution is -0.120. The van der Waals surface area contributed by atoms with Crippen molar-refractivity contribution >= 4 is 27.6 Å². The van der Waals surface area contributed by atoms with Crippen LogP contribution in [-0.4, -0.2) is 44.3 Å². The van der Waals surface area contributed by atoms with E-state index in [1.807, 2.05) is 31.2 Å². The first-order valence-electron chi connectivity index (χ1n) is 10.4. The van der Waals surface area contributed by atoms with Crippen LogP contribution in [0.3, 0.4) is 0 Å². The van der Waals surface area contributed by atoms with E-state index in [0.717, 1.165) is 11.1 Å². The van der Waals surface area contributed by atoms with Crippen LogP contribution in [0.5, 0.6) is 0 Å². The van der Waals surface area contributed by atoms with E-state index in [2.05, 4.69) is 5.32 Å². The molecule has 8 heteroatoms. The van der Waals surface area contributed by atoms with E-state index in [4.69, 9.17) is 4.74 Å².